The number of halogens is 2. The van der Waals surface area contributed by atoms with Crippen molar-refractivity contribution in [3.8, 4) is 0 Å². The zero-order valence-corrected chi connectivity index (χ0v) is 9.09. The lowest BCUT2D eigenvalue weighted by atomic mass is 10.2. The topological polar surface area (TPSA) is 9.23 Å². The molecule has 0 aromatic rings. The van der Waals surface area contributed by atoms with Crippen LogP contribution in [-0.2, 0) is 4.74 Å². The molecule has 0 aliphatic carbocycles. The zero-order chi connectivity index (χ0) is 9.12. The Morgan fingerprint density at radius 2 is 1.18 bits per heavy atom. The maximum Gasteiger partial charge on any atom is 0.0653 e. The molecule has 0 fully saturated rings. The number of rotatable bonds is 4. The third kappa shape index (κ3) is 10.5. The molecule has 0 rings (SSSR count). The Morgan fingerprint density at radius 1 is 0.909 bits per heavy atom. The predicted molar refractivity (Wildman–Crippen MR) is 50.7 cm³/mol. The van der Waals surface area contributed by atoms with Crippen LogP contribution in [0.4, 0.5) is 0 Å². The number of ether oxygens (including phenoxy) is 1. The molecule has 0 saturated heterocycles. The highest BCUT2D eigenvalue weighted by molar-refractivity contribution is 6.23. The van der Waals surface area contributed by atoms with E-state index in [0.717, 1.165) is 0 Å². The van der Waals surface area contributed by atoms with E-state index in [1.165, 1.54) is 0 Å². The van der Waals surface area contributed by atoms with Crippen LogP contribution in [0.5, 0.6) is 0 Å². The minimum atomic E-state index is -0.290. The van der Waals surface area contributed by atoms with Crippen LogP contribution >= 0.6 is 23.2 Å². The van der Waals surface area contributed by atoms with Gasteiger partial charge >= 0.3 is 0 Å². The maximum atomic E-state index is 5.89. The van der Waals surface area contributed by atoms with Crippen molar-refractivity contribution < 1.29 is 4.74 Å². The van der Waals surface area contributed by atoms with Crippen LogP contribution in [0.1, 0.15) is 27.7 Å². The van der Waals surface area contributed by atoms with Gasteiger partial charge in [0.1, 0.15) is 0 Å². The standard InChI is InChI=1S/C8H16Cl2O/c1-7(2,9)5-11-6-8(3,4)10/h5-6H2,1-4H3. The van der Waals surface area contributed by atoms with E-state index in [0.29, 0.717) is 13.2 Å². The average molecular weight is 199 g/mol. The predicted octanol–water partition coefficient (Wildman–Crippen LogP) is 3.04. The van der Waals surface area contributed by atoms with Gasteiger partial charge in [0.15, 0.2) is 0 Å². The molecule has 0 amide bonds. The summed E-state index contributed by atoms with van der Waals surface area (Å²) in [5, 5.41) is 0. The Kier molecular flexibility index (Phi) is 4.17. The van der Waals surface area contributed by atoms with Crippen molar-refractivity contribution in [3.63, 3.8) is 0 Å². The molecule has 0 unspecified atom stereocenters. The maximum absolute atomic E-state index is 5.89. The second-order valence-electron chi connectivity index (χ2n) is 3.93. The van der Waals surface area contributed by atoms with Crippen molar-refractivity contribution in [2.75, 3.05) is 13.2 Å². The van der Waals surface area contributed by atoms with Gasteiger partial charge in [0.2, 0.25) is 0 Å². The minimum Gasteiger partial charge on any atom is -0.378 e. The van der Waals surface area contributed by atoms with Crippen molar-refractivity contribution >= 4 is 23.2 Å². The lowest BCUT2D eigenvalue weighted by Gasteiger charge is -2.20. The first kappa shape index (κ1) is 11.5. The molecule has 11 heavy (non-hydrogen) atoms. The summed E-state index contributed by atoms with van der Waals surface area (Å²) in [5.41, 5.74) is 0. The molecule has 0 aromatic heterocycles. The van der Waals surface area contributed by atoms with E-state index in [1.807, 2.05) is 27.7 Å². The van der Waals surface area contributed by atoms with Gasteiger partial charge in [0, 0.05) is 0 Å². The molecule has 0 N–H and O–H groups in total. The molecule has 0 aromatic carbocycles. The first-order chi connectivity index (χ1) is 4.71. The van der Waals surface area contributed by atoms with Gasteiger partial charge in [-0.15, -0.1) is 23.2 Å². The molecule has 0 aliphatic rings. The van der Waals surface area contributed by atoms with E-state index in [4.69, 9.17) is 27.9 Å². The molecule has 0 spiro atoms. The molecular weight excluding hydrogens is 183 g/mol. The summed E-state index contributed by atoms with van der Waals surface area (Å²) in [7, 11) is 0. The lowest BCUT2D eigenvalue weighted by molar-refractivity contribution is 0.103. The van der Waals surface area contributed by atoms with Crippen molar-refractivity contribution in [1.29, 1.82) is 0 Å². The summed E-state index contributed by atoms with van der Waals surface area (Å²) in [6, 6.07) is 0. The second kappa shape index (κ2) is 3.97. The highest BCUT2D eigenvalue weighted by atomic mass is 35.5. The Morgan fingerprint density at radius 3 is 1.36 bits per heavy atom. The van der Waals surface area contributed by atoms with E-state index in [-0.39, 0.29) is 9.75 Å². The molecule has 3 heteroatoms. The van der Waals surface area contributed by atoms with Crippen LogP contribution in [0.15, 0.2) is 0 Å². The fourth-order valence-corrected chi connectivity index (χ4v) is 0.691. The largest absolute Gasteiger partial charge is 0.378 e. The number of hydrogen-bond donors (Lipinski definition) is 0. The molecule has 68 valence electrons. The highest BCUT2D eigenvalue weighted by Crippen LogP contribution is 2.16. The molecule has 0 radical (unpaired) electrons. The number of alkyl halides is 2. The van der Waals surface area contributed by atoms with Crippen molar-refractivity contribution in [2.45, 2.75) is 37.4 Å². The normalized spacial score (nSPS) is 13.6. The summed E-state index contributed by atoms with van der Waals surface area (Å²) in [6.07, 6.45) is 0. The van der Waals surface area contributed by atoms with Crippen molar-refractivity contribution in [3.05, 3.63) is 0 Å². The van der Waals surface area contributed by atoms with E-state index in [2.05, 4.69) is 0 Å². The van der Waals surface area contributed by atoms with Gasteiger partial charge in [0.25, 0.3) is 0 Å². The van der Waals surface area contributed by atoms with Gasteiger partial charge in [-0.25, -0.2) is 0 Å². The molecular formula is C8H16Cl2O. The summed E-state index contributed by atoms with van der Waals surface area (Å²) in [4.78, 5) is -0.579. The molecule has 1 nitrogen and oxygen atoms in total. The quantitative estimate of drug-likeness (QED) is 0.632. The summed E-state index contributed by atoms with van der Waals surface area (Å²) < 4.78 is 5.30. The Bertz CT molecular complexity index is 96.2. The van der Waals surface area contributed by atoms with Crippen LogP contribution in [0, 0.1) is 0 Å². The fourth-order valence-electron chi connectivity index (χ4n) is 0.536. The van der Waals surface area contributed by atoms with Crippen molar-refractivity contribution in [1.82, 2.24) is 0 Å². The SMILES string of the molecule is CC(C)(Cl)COCC(C)(C)Cl. The zero-order valence-electron chi connectivity index (χ0n) is 7.58. The average Bonchev–Trinajstić information content (AvgIpc) is 1.55. The first-order valence-corrected chi connectivity index (χ1v) is 4.42. The van der Waals surface area contributed by atoms with Gasteiger partial charge in [-0.05, 0) is 27.7 Å². The van der Waals surface area contributed by atoms with Gasteiger partial charge in [-0.2, -0.15) is 0 Å². The minimum absolute atomic E-state index is 0.290. The van der Waals surface area contributed by atoms with Crippen LogP contribution in [-0.4, -0.2) is 23.0 Å². The molecule has 0 bridgehead atoms. The lowest BCUT2D eigenvalue weighted by Crippen LogP contribution is -2.25. The van der Waals surface area contributed by atoms with E-state index in [1.54, 1.807) is 0 Å². The summed E-state index contributed by atoms with van der Waals surface area (Å²) in [6.45, 7) is 8.71. The molecule has 0 aliphatic heterocycles. The molecule has 0 heterocycles. The second-order valence-corrected chi connectivity index (χ2v) is 5.98. The smallest absolute Gasteiger partial charge is 0.0653 e. The van der Waals surface area contributed by atoms with Gasteiger partial charge in [-0.3, -0.25) is 0 Å². The number of hydrogen-bond acceptors (Lipinski definition) is 1. The Labute approximate surface area is 79.0 Å². The van der Waals surface area contributed by atoms with E-state index in [9.17, 15) is 0 Å². The van der Waals surface area contributed by atoms with Gasteiger partial charge in [0.05, 0.1) is 23.0 Å². The third-order valence-electron chi connectivity index (χ3n) is 0.891. The van der Waals surface area contributed by atoms with E-state index < -0.39 is 0 Å². The van der Waals surface area contributed by atoms with Crippen LogP contribution in [0.2, 0.25) is 0 Å². The highest BCUT2D eigenvalue weighted by Gasteiger charge is 2.17. The summed E-state index contributed by atoms with van der Waals surface area (Å²) >= 11 is 11.8. The monoisotopic (exact) mass is 198 g/mol. The first-order valence-electron chi connectivity index (χ1n) is 3.66. The molecule has 0 atom stereocenters. The Balaban J connectivity index is 3.44. The van der Waals surface area contributed by atoms with Crippen LogP contribution in [0.3, 0.4) is 0 Å². The third-order valence-corrected chi connectivity index (χ3v) is 1.11. The van der Waals surface area contributed by atoms with Crippen LogP contribution in [0.25, 0.3) is 0 Å². The van der Waals surface area contributed by atoms with E-state index >= 15 is 0 Å². The summed E-state index contributed by atoms with van der Waals surface area (Å²) in [5.74, 6) is 0. The van der Waals surface area contributed by atoms with Crippen LogP contribution < -0.4 is 0 Å². The Hall–Kier alpha value is 0.540. The van der Waals surface area contributed by atoms with Crippen molar-refractivity contribution in [2.24, 2.45) is 0 Å². The van der Waals surface area contributed by atoms with Gasteiger partial charge < -0.3 is 4.74 Å². The molecule has 0 saturated carbocycles. The van der Waals surface area contributed by atoms with Gasteiger partial charge in [-0.1, -0.05) is 0 Å². The fraction of sp³-hybridized carbons (Fsp3) is 1.00.